The first-order valence-corrected chi connectivity index (χ1v) is 8.65. The molecule has 1 heterocycles. The van der Waals surface area contributed by atoms with Crippen molar-refractivity contribution in [1.82, 2.24) is 5.43 Å². The standard InChI is InChI=1S/C20H14ClN3O5/c21-14-6-3-7-15(11-14)23-18(25)19(26)24-22-12-13-5-1-2-8-16(13)29-20(27)17-9-4-10-28-17/h1-12H,(H,23,25)(H,24,26)/b22-12+. The van der Waals surface area contributed by atoms with Crippen LogP contribution >= 0.6 is 11.6 Å². The SMILES string of the molecule is O=C(N/N=C/c1ccccc1OC(=O)c1ccco1)C(=O)Nc1cccc(Cl)c1. The number of furan rings is 1. The third-order valence-electron chi connectivity index (χ3n) is 3.50. The number of carbonyl (C=O) groups excluding carboxylic acids is 3. The summed E-state index contributed by atoms with van der Waals surface area (Å²) in [6, 6.07) is 15.9. The highest BCUT2D eigenvalue weighted by molar-refractivity contribution is 6.39. The molecule has 0 saturated heterocycles. The average molecular weight is 412 g/mol. The van der Waals surface area contributed by atoms with Crippen LogP contribution in [0.2, 0.25) is 5.02 Å². The van der Waals surface area contributed by atoms with Gasteiger partial charge in [0.2, 0.25) is 5.76 Å². The second-order valence-corrected chi connectivity index (χ2v) is 6.00. The first-order chi connectivity index (χ1) is 14.0. The number of nitrogens with one attached hydrogen (secondary N) is 2. The van der Waals surface area contributed by atoms with Crippen LogP contribution < -0.4 is 15.5 Å². The number of halogens is 1. The molecule has 2 N–H and O–H groups in total. The van der Waals surface area contributed by atoms with Gasteiger partial charge in [-0.25, -0.2) is 10.2 Å². The number of hydrogen-bond donors (Lipinski definition) is 2. The lowest BCUT2D eigenvalue weighted by molar-refractivity contribution is -0.136. The first-order valence-electron chi connectivity index (χ1n) is 8.27. The van der Waals surface area contributed by atoms with E-state index < -0.39 is 17.8 Å². The molecule has 1 aromatic heterocycles. The molecule has 2 amide bonds. The third-order valence-corrected chi connectivity index (χ3v) is 3.74. The number of amides is 2. The molecular weight excluding hydrogens is 398 g/mol. The summed E-state index contributed by atoms with van der Waals surface area (Å²) in [6.07, 6.45) is 2.60. The lowest BCUT2D eigenvalue weighted by atomic mass is 10.2. The molecule has 0 saturated carbocycles. The van der Waals surface area contributed by atoms with E-state index in [2.05, 4.69) is 15.8 Å². The third kappa shape index (κ3) is 5.53. The zero-order valence-electron chi connectivity index (χ0n) is 14.8. The van der Waals surface area contributed by atoms with E-state index in [0.717, 1.165) is 0 Å². The highest BCUT2D eigenvalue weighted by Crippen LogP contribution is 2.18. The zero-order valence-corrected chi connectivity index (χ0v) is 15.6. The Morgan fingerprint density at radius 1 is 1.00 bits per heavy atom. The van der Waals surface area contributed by atoms with E-state index in [1.807, 2.05) is 0 Å². The van der Waals surface area contributed by atoms with E-state index in [1.54, 1.807) is 48.5 Å². The second-order valence-electron chi connectivity index (χ2n) is 5.57. The van der Waals surface area contributed by atoms with Crippen molar-refractivity contribution in [3.05, 3.63) is 83.3 Å². The Balaban J connectivity index is 1.60. The number of carbonyl (C=O) groups is 3. The Bertz CT molecular complexity index is 1060. The average Bonchev–Trinajstić information content (AvgIpc) is 3.24. The predicted octanol–water partition coefficient (Wildman–Crippen LogP) is 3.24. The highest BCUT2D eigenvalue weighted by Gasteiger charge is 2.14. The van der Waals surface area contributed by atoms with E-state index in [4.69, 9.17) is 20.8 Å². The largest absolute Gasteiger partial charge is 0.457 e. The number of hydrazone groups is 1. The molecule has 0 atom stereocenters. The fraction of sp³-hybridized carbons (Fsp3) is 0. The second kappa shape index (κ2) is 9.34. The molecule has 29 heavy (non-hydrogen) atoms. The van der Waals surface area contributed by atoms with Crippen molar-refractivity contribution in [2.24, 2.45) is 5.10 Å². The molecule has 3 aromatic rings. The van der Waals surface area contributed by atoms with Gasteiger partial charge in [-0.1, -0.05) is 29.8 Å². The van der Waals surface area contributed by atoms with Gasteiger partial charge in [-0.15, -0.1) is 0 Å². The number of hydrogen-bond acceptors (Lipinski definition) is 6. The molecule has 0 fully saturated rings. The van der Waals surface area contributed by atoms with Crippen LogP contribution in [0.3, 0.4) is 0 Å². The Morgan fingerprint density at radius 2 is 1.83 bits per heavy atom. The fourth-order valence-corrected chi connectivity index (χ4v) is 2.38. The summed E-state index contributed by atoms with van der Waals surface area (Å²) >= 11 is 5.83. The van der Waals surface area contributed by atoms with Crippen LogP contribution in [0.1, 0.15) is 16.1 Å². The molecule has 146 valence electrons. The summed E-state index contributed by atoms with van der Waals surface area (Å²) in [4.78, 5) is 35.8. The molecule has 8 nitrogen and oxygen atoms in total. The van der Waals surface area contributed by atoms with Gasteiger partial charge in [0.1, 0.15) is 5.75 Å². The van der Waals surface area contributed by atoms with Gasteiger partial charge >= 0.3 is 17.8 Å². The maximum absolute atomic E-state index is 12.0. The van der Waals surface area contributed by atoms with Crippen LogP contribution in [0.15, 0.2) is 76.4 Å². The number of esters is 1. The molecule has 0 aliphatic heterocycles. The minimum absolute atomic E-state index is 0.0442. The van der Waals surface area contributed by atoms with Crippen LogP contribution in [0, 0.1) is 0 Å². The van der Waals surface area contributed by atoms with Crippen molar-refractivity contribution >= 4 is 41.3 Å². The minimum atomic E-state index is -0.980. The fourth-order valence-electron chi connectivity index (χ4n) is 2.19. The Hall–Kier alpha value is -3.91. The van der Waals surface area contributed by atoms with Gasteiger partial charge in [0, 0.05) is 16.3 Å². The van der Waals surface area contributed by atoms with Gasteiger partial charge in [-0.3, -0.25) is 9.59 Å². The van der Waals surface area contributed by atoms with Crippen molar-refractivity contribution in [2.75, 3.05) is 5.32 Å². The van der Waals surface area contributed by atoms with Crippen molar-refractivity contribution in [2.45, 2.75) is 0 Å². The van der Waals surface area contributed by atoms with E-state index in [0.29, 0.717) is 16.3 Å². The van der Waals surface area contributed by atoms with E-state index >= 15 is 0 Å². The molecule has 0 aliphatic rings. The molecule has 0 radical (unpaired) electrons. The Kier molecular flexibility index (Phi) is 6.39. The van der Waals surface area contributed by atoms with Crippen molar-refractivity contribution in [3.63, 3.8) is 0 Å². The van der Waals surface area contributed by atoms with Gasteiger partial charge in [0.25, 0.3) is 0 Å². The van der Waals surface area contributed by atoms with Crippen molar-refractivity contribution < 1.29 is 23.5 Å². The van der Waals surface area contributed by atoms with Crippen molar-refractivity contribution in [1.29, 1.82) is 0 Å². The monoisotopic (exact) mass is 411 g/mol. The maximum atomic E-state index is 12.0. The number of nitrogens with zero attached hydrogens (tertiary/aromatic N) is 1. The van der Waals surface area contributed by atoms with Crippen LogP contribution in [0.5, 0.6) is 5.75 Å². The lowest BCUT2D eigenvalue weighted by Crippen LogP contribution is -2.32. The molecule has 2 aromatic carbocycles. The quantitative estimate of drug-likeness (QED) is 0.220. The Morgan fingerprint density at radius 3 is 2.59 bits per heavy atom. The van der Waals surface area contributed by atoms with Crippen LogP contribution in [-0.4, -0.2) is 24.0 Å². The molecule has 0 bridgehead atoms. The van der Waals surface area contributed by atoms with Crippen LogP contribution in [0.4, 0.5) is 5.69 Å². The minimum Gasteiger partial charge on any atom is -0.457 e. The number of benzene rings is 2. The number of rotatable bonds is 5. The molecule has 0 aliphatic carbocycles. The van der Waals surface area contributed by atoms with E-state index in [1.165, 1.54) is 24.6 Å². The summed E-state index contributed by atoms with van der Waals surface area (Å²) in [5.41, 5.74) is 2.88. The number of ether oxygens (including phenoxy) is 1. The zero-order chi connectivity index (χ0) is 20.6. The van der Waals surface area contributed by atoms with Gasteiger partial charge < -0.3 is 14.5 Å². The van der Waals surface area contributed by atoms with Crippen LogP contribution in [0.25, 0.3) is 0 Å². The Labute approximate surface area is 170 Å². The topological polar surface area (TPSA) is 110 Å². The first kappa shape index (κ1) is 19.8. The van der Waals surface area contributed by atoms with E-state index in [9.17, 15) is 14.4 Å². The summed E-state index contributed by atoms with van der Waals surface area (Å²) in [6.45, 7) is 0. The van der Waals surface area contributed by atoms with Crippen molar-refractivity contribution in [3.8, 4) is 5.75 Å². The van der Waals surface area contributed by atoms with Gasteiger partial charge in [0.15, 0.2) is 0 Å². The van der Waals surface area contributed by atoms with Gasteiger partial charge in [-0.05, 0) is 42.5 Å². The molecule has 0 spiro atoms. The number of para-hydroxylation sites is 1. The predicted molar refractivity (Wildman–Crippen MR) is 106 cm³/mol. The maximum Gasteiger partial charge on any atom is 0.379 e. The molecule has 3 rings (SSSR count). The summed E-state index contributed by atoms with van der Waals surface area (Å²) in [5, 5.41) is 6.54. The summed E-state index contributed by atoms with van der Waals surface area (Å²) in [7, 11) is 0. The lowest BCUT2D eigenvalue weighted by Gasteiger charge is -2.06. The summed E-state index contributed by atoms with van der Waals surface area (Å²) < 4.78 is 10.2. The molecule has 9 heteroatoms. The smallest absolute Gasteiger partial charge is 0.379 e. The van der Waals surface area contributed by atoms with Crippen LogP contribution in [-0.2, 0) is 9.59 Å². The summed E-state index contributed by atoms with van der Waals surface area (Å²) in [5.74, 6) is -2.33. The molecular formula is C20H14ClN3O5. The normalized spacial score (nSPS) is 10.5. The van der Waals surface area contributed by atoms with E-state index in [-0.39, 0.29) is 11.5 Å². The highest BCUT2D eigenvalue weighted by atomic mass is 35.5. The van der Waals surface area contributed by atoms with Gasteiger partial charge in [0.05, 0.1) is 12.5 Å². The molecule has 0 unspecified atom stereocenters. The van der Waals surface area contributed by atoms with Gasteiger partial charge in [-0.2, -0.15) is 5.10 Å². The number of anilines is 1.